The van der Waals surface area contributed by atoms with Crippen molar-refractivity contribution in [3.8, 4) is 0 Å². The Morgan fingerprint density at radius 3 is 2.06 bits per heavy atom. The van der Waals surface area contributed by atoms with E-state index in [9.17, 15) is 14.2 Å². The molecule has 0 aromatic heterocycles. The summed E-state index contributed by atoms with van der Waals surface area (Å²) >= 11 is 12.3. The Hall–Kier alpha value is -1.89. The minimum atomic E-state index is -3.25. The largest absolute Gasteiger partial charge is 0.368 e. The lowest BCUT2D eigenvalue weighted by atomic mass is 10.0. The number of hydrogen-bond acceptors (Lipinski definition) is 5. The van der Waals surface area contributed by atoms with Crippen LogP contribution in [0.3, 0.4) is 0 Å². The molecule has 0 unspecified atom stereocenters. The number of benzene rings is 2. The first-order valence-corrected chi connectivity index (χ1v) is 12.2. The quantitative estimate of drug-likeness (QED) is 0.451. The number of nitrogens with two attached hydrogens (primary N) is 1. The van der Waals surface area contributed by atoms with Crippen molar-refractivity contribution >= 4 is 42.6 Å². The molecule has 2 rings (SSSR count). The highest BCUT2D eigenvalue weighted by atomic mass is 35.5. The van der Waals surface area contributed by atoms with Crippen LogP contribution in [0, 0.1) is 0 Å². The molecule has 0 aliphatic carbocycles. The van der Waals surface area contributed by atoms with E-state index >= 15 is 0 Å². The average molecular weight is 487 g/mol. The molecule has 0 radical (unpaired) electrons. The Kier molecular flexibility index (Phi) is 9.54. The monoisotopic (exact) mass is 486 g/mol. The van der Waals surface area contributed by atoms with Crippen molar-refractivity contribution in [1.82, 2.24) is 5.32 Å². The van der Waals surface area contributed by atoms with Crippen LogP contribution in [-0.2, 0) is 31.0 Å². The normalized spacial score (nSPS) is 12.4. The number of nitrogens with one attached hydrogen (secondary N) is 1. The number of primary amides is 1. The third kappa shape index (κ3) is 7.34. The van der Waals surface area contributed by atoms with E-state index in [1.54, 1.807) is 56.3 Å². The van der Waals surface area contributed by atoms with Crippen molar-refractivity contribution in [1.29, 1.82) is 0 Å². The van der Waals surface area contributed by atoms with Crippen LogP contribution in [0.15, 0.2) is 42.5 Å². The summed E-state index contributed by atoms with van der Waals surface area (Å²) in [5.41, 5.74) is 6.98. The van der Waals surface area contributed by atoms with Gasteiger partial charge in [0, 0.05) is 22.0 Å². The third-order valence-electron chi connectivity index (χ3n) is 4.36. The van der Waals surface area contributed by atoms with E-state index in [0.717, 1.165) is 0 Å². The van der Waals surface area contributed by atoms with Crippen molar-refractivity contribution in [2.75, 3.05) is 13.2 Å². The van der Waals surface area contributed by atoms with Gasteiger partial charge >= 0.3 is 7.60 Å². The van der Waals surface area contributed by atoms with E-state index in [0.29, 0.717) is 26.7 Å². The molecular formula is C21H25Cl2N2O5P. The van der Waals surface area contributed by atoms with Crippen LogP contribution in [0.4, 0.5) is 0 Å². The maximum atomic E-state index is 12.7. The first-order chi connectivity index (χ1) is 14.7. The minimum Gasteiger partial charge on any atom is -0.368 e. The molecule has 0 aliphatic heterocycles. The number of carbonyl (C=O) groups is 2. The van der Waals surface area contributed by atoms with Gasteiger partial charge in [0.25, 0.3) is 5.91 Å². The van der Waals surface area contributed by atoms with Gasteiger partial charge in [-0.1, -0.05) is 41.4 Å². The van der Waals surface area contributed by atoms with E-state index in [1.165, 1.54) is 0 Å². The van der Waals surface area contributed by atoms with Gasteiger partial charge in [0.1, 0.15) is 6.04 Å². The Labute approximate surface area is 191 Å². The van der Waals surface area contributed by atoms with Gasteiger partial charge in [-0.2, -0.15) is 0 Å². The fourth-order valence-corrected chi connectivity index (χ4v) is 5.16. The molecule has 0 saturated heterocycles. The van der Waals surface area contributed by atoms with Crippen molar-refractivity contribution in [2.45, 2.75) is 32.5 Å². The molecule has 168 valence electrons. The Bertz CT molecular complexity index is 938. The summed E-state index contributed by atoms with van der Waals surface area (Å²) in [6.45, 7) is 4.01. The molecule has 0 spiro atoms. The van der Waals surface area contributed by atoms with Gasteiger partial charge in [-0.15, -0.1) is 0 Å². The predicted octanol–water partition coefficient (Wildman–Crippen LogP) is 4.59. The standard InChI is InChI=1S/C21H25Cl2N2O5P/c1-3-29-31(28,30-4-2)13-14-8-10-15(11-9-14)21(27)25-19(20(24)26)12-16-17(22)6-5-7-18(16)23/h5-11,19H,3-4,12-13H2,1-2H3,(H2,24,26)(H,25,27)/t19-/m1/s1. The number of rotatable bonds is 11. The zero-order valence-electron chi connectivity index (χ0n) is 17.3. The molecule has 0 aliphatic rings. The van der Waals surface area contributed by atoms with Crippen LogP contribution in [0.5, 0.6) is 0 Å². The summed E-state index contributed by atoms with van der Waals surface area (Å²) in [5.74, 6) is -1.20. The average Bonchev–Trinajstić information content (AvgIpc) is 2.70. The number of hydrogen-bond donors (Lipinski definition) is 2. The van der Waals surface area contributed by atoms with Crippen LogP contribution in [0.25, 0.3) is 0 Å². The molecule has 0 fully saturated rings. The lowest BCUT2D eigenvalue weighted by Crippen LogP contribution is -2.46. The van der Waals surface area contributed by atoms with Gasteiger partial charge in [-0.05, 0) is 49.2 Å². The van der Waals surface area contributed by atoms with Crippen LogP contribution >= 0.6 is 30.8 Å². The fourth-order valence-electron chi connectivity index (χ4n) is 2.90. The molecule has 31 heavy (non-hydrogen) atoms. The van der Waals surface area contributed by atoms with Gasteiger partial charge in [0.05, 0.1) is 19.4 Å². The molecule has 3 N–H and O–H groups in total. The Balaban J connectivity index is 2.11. The van der Waals surface area contributed by atoms with Gasteiger partial charge in [0.15, 0.2) is 0 Å². The summed E-state index contributed by atoms with van der Waals surface area (Å²) in [6.07, 6.45) is 0.148. The summed E-state index contributed by atoms with van der Waals surface area (Å²) in [4.78, 5) is 24.5. The Morgan fingerprint density at radius 1 is 1.03 bits per heavy atom. The van der Waals surface area contributed by atoms with Gasteiger partial charge < -0.3 is 20.1 Å². The number of carbonyl (C=O) groups excluding carboxylic acids is 2. The van der Waals surface area contributed by atoms with Gasteiger partial charge in [-0.25, -0.2) is 0 Å². The lowest BCUT2D eigenvalue weighted by Gasteiger charge is -2.18. The second-order valence-electron chi connectivity index (χ2n) is 6.63. The fraction of sp³-hybridized carbons (Fsp3) is 0.333. The van der Waals surface area contributed by atoms with E-state index in [-0.39, 0.29) is 25.8 Å². The minimum absolute atomic E-state index is 0.0591. The molecule has 2 amide bonds. The van der Waals surface area contributed by atoms with Gasteiger partial charge in [-0.3, -0.25) is 14.2 Å². The van der Waals surface area contributed by atoms with E-state index in [1.807, 2.05) is 0 Å². The first-order valence-electron chi connectivity index (χ1n) is 9.69. The van der Waals surface area contributed by atoms with Crippen LogP contribution < -0.4 is 11.1 Å². The third-order valence-corrected chi connectivity index (χ3v) is 7.13. The summed E-state index contributed by atoms with van der Waals surface area (Å²) < 4.78 is 23.2. The number of halogens is 2. The van der Waals surface area contributed by atoms with E-state index < -0.39 is 25.5 Å². The molecule has 7 nitrogen and oxygen atoms in total. The van der Waals surface area contributed by atoms with Crippen molar-refractivity contribution in [3.63, 3.8) is 0 Å². The van der Waals surface area contributed by atoms with Gasteiger partial charge in [0.2, 0.25) is 5.91 Å². The molecule has 0 saturated carbocycles. The van der Waals surface area contributed by atoms with Crippen molar-refractivity contribution < 1.29 is 23.2 Å². The molecule has 0 bridgehead atoms. The van der Waals surface area contributed by atoms with Crippen LogP contribution in [0.1, 0.15) is 35.3 Å². The van der Waals surface area contributed by atoms with E-state index in [2.05, 4.69) is 5.32 Å². The zero-order valence-corrected chi connectivity index (χ0v) is 19.7. The topological polar surface area (TPSA) is 108 Å². The summed E-state index contributed by atoms with van der Waals surface area (Å²) in [5, 5.41) is 3.37. The SMILES string of the molecule is CCOP(=O)(Cc1ccc(C(=O)N[C@H](Cc2c(Cl)cccc2Cl)C(N)=O)cc1)OCC. The smallest absolute Gasteiger partial charge is 0.335 e. The van der Waals surface area contributed by atoms with Crippen molar-refractivity contribution in [3.05, 3.63) is 69.2 Å². The lowest BCUT2D eigenvalue weighted by molar-refractivity contribution is -0.119. The second kappa shape index (κ2) is 11.7. The second-order valence-corrected chi connectivity index (χ2v) is 9.50. The van der Waals surface area contributed by atoms with Crippen molar-refractivity contribution in [2.24, 2.45) is 5.73 Å². The molecule has 0 heterocycles. The summed E-state index contributed by atoms with van der Waals surface area (Å²) in [7, 11) is -3.25. The van der Waals surface area contributed by atoms with E-state index in [4.69, 9.17) is 38.0 Å². The molecule has 2 aromatic rings. The highest BCUT2D eigenvalue weighted by Crippen LogP contribution is 2.51. The zero-order chi connectivity index (χ0) is 23.0. The maximum Gasteiger partial charge on any atom is 0.335 e. The predicted molar refractivity (Wildman–Crippen MR) is 122 cm³/mol. The molecule has 1 atom stereocenters. The molecular weight excluding hydrogens is 462 g/mol. The highest BCUT2D eigenvalue weighted by Gasteiger charge is 2.25. The van der Waals surface area contributed by atoms with Crippen LogP contribution in [-0.4, -0.2) is 31.1 Å². The summed E-state index contributed by atoms with van der Waals surface area (Å²) in [6, 6.07) is 10.4. The Morgan fingerprint density at radius 2 is 1.58 bits per heavy atom. The highest BCUT2D eigenvalue weighted by molar-refractivity contribution is 7.53. The molecule has 10 heteroatoms. The number of amides is 2. The van der Waals surface area contributed by atoms with Crippen LogP contribution in [0.2, 0.25) is 10.0 Å². The molecule has 2 aromatic carbocycles. The maximum absolute atomic E-state index is 12.7. The first kappa shape index (κ1) is 25.4.